The van der Waals surface area contributed by atoms with Gasteiger partial charge in [-0.1, -0.05) is 0 Å². The molecule has 1 aliphatic rings. The Morgan fingerprint density at radius 1 is 0.949 bits per heavy atom. The number of halogens is 6. The van der Waals surface area contributed by atoms with E-state index in [4.69, 9.17) is 0 Å². The lowest BCUT2D eigenvalue weighted by molar-refractivity contribution is -0.138. The van der Waals surface area contributed by atoms with Crippen LogP contribution in [0.2, 0.25) is 0 Å². The van der Waals surface area contributed by atoms with Gasteiger partial charge < -0.3 is 15.1 Å². The van der Waals surface area contributed by atoms with Crippen molar-refractivity contribution in [1.29, 1.82) is 0 Å². The third-order valence-corrected chi connectivity index (χ3v) is 6.35. The number of fused-ring (bicyclic) bond motifs is 1. The lowest BCUT2D eigenvalue weighted by Crippen LogP contribution is -2.32. The van der Waals surface area contributed by atoms with E-state index in [1.54, 1.807) is 4.90 Å². The summed E-state index contributed by atoms with van der Waals surface area (Å²) in [5.41, 5.74) is -2.12. The van der Waals surface area contributed by atoms with Crippen molar-refractivity contribution in [3.05, 3.63) is 54.0 Å². The Balaban J connectivity index is 1.46. The summed E-state index contributed by atoms with van der Waals surface area (Å²) in [5, 5.41) is 10.8. The Morgan fingerprint density at radius 2 is 1.74 bits per heavy atom. The van der Waals surface area contributed by atoms with Gasteiger partial charge in [-0.2, -0.15) is 26.3 Å². The predicted octanol–water partition coefficient (Wildman–Crippen LogP) is 4.80. The van der Waals surface area contributed by atoms with E-state index < -0.39 is 29.2 Å². The number of alkyl halides is 6. The molecule has 4 aromatic rings. The predicted molar refractivity (Wildman–Crippen MR) is 130 cm³/mol. The van der Waals surface area contributed by atoms with E-state index in [2.05, 4.69) is 35.5 Å². The van der Waals surface area contributed by atoms with Gasteiger partial charge in [0.1, 0.15) is 22.7 Å². The van der Waals surface area contributed by atoms with Crippen LogP contribution in [0, 0.1) is 0 Å². The average Bonchev–Trinajstić information content (AvgIpc) is 3.38. The fourth-order valence-corrected chi connectivity index (χ4v) is 4.22. The summed E-state index contributed by atoms with van der Waals surface area (Å²) in [6.45, 7) is 1.08. The number of hydrogen-bond donors (Lipinski definition) is 1. The molecule has 1 aliphatic heterocycles. The molecule has 1 unspecified atom stereocenters. The van der Waals surface area contributed by atoms with Gasteiger partial charge in [0.05, 0.1) is 23.0 Å². The van der Waals surface area contributed by atoms with E-state index in [1.807, 2.05) is 19.0 Å². The van der Waals surface area contributed by atoms with E-state index in [0.29, 0.717) is 25.0 Å². The van der Waals surface area contributed by atoms with Gasteiger partial charge >= 0.3 is 12.4 Å². The number of anilines is 3. The fourth-order valence-electron chi connectivity index (χ4n) is 4.22. The molecule has 0 bridgehead atoms. The monoisotopic (exact) mass is 549 g/mol. The van der Waals surface area contributed by atoms with Crippen LogP contribution in [-0.4, -0.2) is 68.3 Å². The van der Waals surface area contributed by atoms with E-state index >= 15 is 0 Å². The van der Waals surface area contributed by atoms with Gasteiger partial charge in [0, 0.05) is 31.5 Å². The van der Waals surface area contributed by atoms with Gasteiger partial charge in [0.15, 0.2) is 11.5 Å². The van der Waals surface area contributed by atoms with Gasteiger partial charge in [-0.05, 0) is 44.8 Å². The van der Waals surface area contributed by atoms with Crippen molar-refractivity contribution in [3.8, 4) is 11.4 Å². The minimum atomic E-state index is -4.73. The molecule has 1 atom stereocenters. The second kappa shape index (κ2) is 9.87. The highest BCUT2D eigenvalue weighted by Gasteiger charge is 2.37. The molecule has 0 aromatic carbocycles. The maximum absolute atomic E-state index is 14.1. The molecule has 0 aliphatic carbocycles. The number of rotatable bonds is 5. The third kappa shape index (κ3) is 5.53. The molecule has 0 saturated carbocycles. The number of pyridine rings is 2. The third-order valence-electron chi connectivity index (χ3n) is 6.35. The van der Waals surface area contributed by atoms with E-state index in [9.17, 15) is 26.3 Å². The minimum Gasteiger partial charge on any atom is -0.353 e. The molecular weight excluding hydrogens is 528 g/mol. The topological polar surface area (TPSA) is 95.8 Å². The maximum atomic E-state index is 14.1. The summed E-state index contributed by atoms with van der Waals surface area (Å²) in [6, 6.07) is 4.66. The normalized spacial score (nSPS) is 16.3. The number of likely N-dealkylation sites (N-methyl/N-ethyl adjacent to an activating group) is 1. The van der Waals surface area contributed by atoms with Crippen molar-refractivity contribution in [2.45, 2.75) is 24.8 Å². The molecule has 0 spiro atoms. The van der Waals surface area contributed by atoms with Crippen LogP contribution in [0.25, 0.3) is 22.6 Å². The first-order valence-electron chi connectivity index (χ1n) is 11.7. The van der Waals surface area contributed by atoms with Crippen LogP contribution in [0.1, 0.15) is 17.5 Å². The quantitative estimate of drug-likeness (QED) is 0.352. The summed E-state index contributed by atoms with van der Waals surface area (Å²) >= 11 is 0. The maximum Gasteiger partial charge on any atom is 0.418 e. The molecule has 5 heterocycles. The first-order valence-corrected chi connectivity index (χ1v) is 11.7. The van der Waals surface area contributed by atoms with Gasteiger partial charge in [0.2, 0.25) is 0 Å². The largest absolute Gasteiger partial charge is 0.418 e. The zero-order valence-electron chi connectivity index (χ0n) is 20.6. The van der Waals surface area contributed by atoms with Crippen molar-refractivity contribution in [2.24, 2.45) is 0 Å². The Kier molecular flexibility index (Phi) is 6.70. The molecule has 15 heteroatoms. The van der Waals surface area contributed by atoms with Gasteiger partial charge in [-0.25, -0.2) is 19.9 Å². The van der Waals surface area contributed by atoms with Crippen LogP contribution in [0.15, 0.2) is 42.9 Å². The zero-order valence-corrected chi connectivity index (χ0v) is 20.6. The van der Waals surface area contributed by atoms with Gasteiger partial charge in [-0.15, -0.1) is 10.2 Å². The molecule has 1 saturated heterocycles. The van der Waals surface area contributed by atoms with Crippen molar-refractivity contribution < 1.29 is 26.3 Å². The number of nitrogens with zero attached hydrogens (tertiary/aromatic N) is 8. The van der Waals surface area contributed by atoms with Crippen molar-refractivity contribution in [2.75, 3.05) is 37.4 Å². The van der Waals surface area contributed by atoms with E-state index in [-0.39, 0.29) is 34.5 Å². The number of hydrogen-bond acceptors (Lipinski definition) is 9. The summed E-state index contributed by atoms with van der Waals surface area (Å²) in [7, 11) is 3.83. The highest BCUT2D eigenvalue weighted by atomic mass is 19.4. The molecule has 9 nitrogen and oxygen atoms in total. The molecule has 0 amide bonds. The van der Waals surface area contributed by atoms with E-state index in [1.165, 1.54) is 12.3 Å². The summed E-state index contributed by atoms with van der Waals surface area (Å²) in [4.78, 5) is 20.1. The van der Waals surface area contributed by atoms with Gasteiger partial charge in [-0.3, -0.25) is 0 Å². The second-order valence-electron chi connectivity index (χ2n) is 9.16. The average molecular weight is 549 g/mol. The molecule has 1 fully saturated rings. The summed E-state index contributed by atoms with van der Waals surface area (Å²) in [5.74, 6) is 0.221. The summed E-state index contributed by atoms with van der Waals surface area (Å²) in [6.07, 6.45) is -5.34. The SMILES string of the molecule is CN(C)C1CCN(c2cc(C(F)(F)F)c(-c3cnc4c(Nc5ccc(C(F)(F)F)cn5)ccnc4n3)nn2)C1. The molecule has 204 valence electrons. The van der Waals surface area contributed by atoms with Crippen LogP contribution in [-0.2, 0) is 12.4 Å². The molecule has 1 N–H and O–H groups in total. The fraction of sp³-hybridized carbons (Fsp3) is 0.333. The Hall–Kier alpha value is -4.14. The second-order valence-corrected chi connectivity index (χ2v) is 9.16. The first kappa shape index (κ1) is 26.5. The van der Waals surface area contributed by atoms with Crippen molar-refractivity contribution >= 4 is 28.5 Å². The summed E-state index contributed by atoms with van der Waals surface area (Å²) < 4.78 is 80.7. The number of aromatic nitrogens is 6. The van der Waals surface area contributed by atoms with Crippen LogP contribution in [0.4, 0.5) is 43.7 Å². The molecular formula is C24H21F6N9. The molecule has 0 radical (unpaired) electrons. The van der Waals surface area contributed by atoms with Crippen molar-refractivity contribution in [1.82, 2.24) is 35.0 Å². The molecule has 4 aromatic heterocycles. The van der Waals surface area contributed by atoms with Crippen LogP contribution >= 0.6 is 0 Å². The highest BCUT2D eigenvalue weighted by molar-refractivity contribution is 5.87. The molecule has 5 rings (SSSR count). The first-order chi connectivity index (χ1) is 18.4. The zero-order chi connectivity index (χ0) is 27.9. The standard InChI is InChI=1S/C24H21F6N9/c1-38(2)14-6-8-39(12-14)19-9-15(24(28,29)30)20(37-36-19)17-11-33-21-16(5-7-31-22(21)35-17)34-18-4-3-13(10-32-18)23(25,26)27/h3-5,7,9-11,14H,6,8,12H2,1-2H3,(H,31,32,34,35). The van der Waals surface area contributed by atoms with Crippen molar-refractivity contribution in [3.63, 3.8) is 0 Å². The Morgan fingerprint density at radius 3 is 2.38 bits per heavy atom. The lowest BCUT2D eigenvalue weighted by Gasteiger charge is -2.21. The van der Waals surface area contributed by atoms with Crippen LogP contribution in [0.3, 0.4) is 0 Å². The highest BCUT2D eigenvalue weighted by Crippen LogP contribution is 2.37. The number of nitrogens with one attached hydrogen (secondary N) is 1. The van der Waals surface area contributed by atoms with Gasteiger partial charge in [0.25, 0.3) is 0 Å². The molecule has 39 heavy (non-hydrogen) atoms. The van der Waals surface area contributed by atoms with E-state index in [0.717, 1.165) is 30.8 Å². The van der Waals surface area contributed by atoms with Crippen LogP contribution in [0.5, 0.6) is 0 Å². The lowest BCUT2D eigenvalue weighted by atomic mass is 10.1. The smallest absolute Gasteiger partial charge is 0.353 e. The Labute approximate surface area is 217 Å². The van der Waals surface area contributed by atoms with Crippen LogP contribution < -0.4 is 10.2 Å². The minimum absolute atomic E-state index is 0.00298. The Bertz CT molecular complexity index is 1490.